The molecule has 0 aromatic heterocycles. The van der Waals surface area contributed by atoms with Crippen molar-refractivity contribution >= 4 is 6.33 Å². The molecule has 0 aliphatic carbocycles. The fourth-order valence-corrected chi connectivity index (χ4v) is 0. The second-order valence-electron chi connectivity index (χ2n) is 0. The van der Waals surface area contributed by atoms with Crippen molar-refractivity contribution in [3.05, 3.63) is 0 Å². The SMILES string of the molecule is [BH2][Zn].[Fe].[Nd].[Ni]. The molecule has 0 rings (SSSR count). The van der Waals surface area contributed by atoms with Gasteiger partial charge < -0.3 is 0 Å². The summed E-state index contributed by atoms with van der Waals surface area (Å²) in [6.45, 7) is 0. The summed E-state index contributed by atoms with van der Waals surface area (Å²) >= 11 is 1.38. The zero-order valence-electron chi connectivity index (χ0n) is 2.88. The van der Waals surface area contributed by atoms with Crippen molar-refractivity contribution in [3.8, 4) is 0 Å². The van der Waals surface area contributed by atoms with Crippen LogP contribution >= 0.6 is 0 Å². The van der Waals surface area contributed by atoms with E-state index in [4.69, 9.17) is 0 Å². The second-order valence-corrected chi connectivity index (χ2v) is 0. The van der Waals surface area contributed by atoms with Crippen molar-refractivity contribution in [2.75, 3.05) is 0 Å². The molecule has 5 heavy (non-hydrogen) atoms. The summed E-state index contributed by atoms with van der Waals surface area (Å²) in [7, 11) is 0. The van der Waals surface area contributed by atoms with E-state index in [1.807, 2.05) is 0 Å². The first-order chi connectivity index (χ1) is 1.00. The number of hydrogen-bond acceptors (Lipinski definition) is 0. The summed E-state index contributed by atoms with van der Waals surface area (Å²) in [5.74, 6) is 0. The average molecular weight is 337 g/mol. The topological polar surface area (TPSA) is 0 Å². The molecular formula is H2BFeNdNiZn. The van der Waals surface area contributed by atoms with Crippen molar-refractivity contribution in [2.24, 2.45) is 0 Å². The van der Waals surface area contributed by atoms with Crippen LogP contribution in [0.2, 0.25) is 0 Å². The third kappa shape index (κ3) is 19.3. The smallest absolute Gasteiger partial charge is 0 e. The van der Waals surface area contributed by atoms with E-state index in [-0.39, 0.29) is 74.4 Å². The van der Waals surface area contributed by atoms with E-state index in [1.54, 1.807) is 0 Å². The summed E-state index contributed by atoms with van der Waals surface area (Å²) < 4.78 is 0. The maximum absolute atomic E-state index is 2.12. The van der Waals surface area contributed by atoms with Crippen LogP contribution in [0, 0.1) is 40.8 Å². The molecule has 0 unspecified atom stereocenters. The average Bonchev–Trinajstić information content (AvgIpc) is 1.00. The van der Waals surface area contributed by atoms with Gasteiger partial charge >= 0.3 is 24.4 Å². The van der Waals surface area contributed by atoms with Crippen LogP contribution in [0.5, 0.6) is 0 Å². The molecule has 0 aromatic rings. The van der Waals surface area contributed by atoms with Gasteiger partial charge in [0.05, 0.1) is 0 Å². The molecule has 0 aromatic carbocycles. The molecular weight excluding hydrogens is 335 g/mol. The monoisotopic (exact) mass is 333 g/mol. The Bertz CT molecular complexity index is 11.6. The molecule has 0 nitrogen and oxygen atoms in total. The first-order valence-electron chi connectivity index (χ1n) is 0.707. The van der Waals surface area contributed by atoms with Gasteiger partial charge in [-0.3, -0.25) is 0 Å². The second kappa shape index (κ2) is 27.7. The Balaban J connectivity index is -0.00000000167. The molecule has 0 saturated heterocycles. The van der Waals surface area contributed by atoms with E-state index < -0.39 is 0 Å². The van der Waals surface area contributed by atoms with Gasteiger partial charge in [0.1, 0.15) is 0 Å². The Morgan fingerprint density at radius 2 is 1.20 bits per heavy atom. The number of rotatable bonds is 0. The zero-order chi connectivity index (χ0) is 2.00. The van der Waals surface area contributed by atoms with Gasteiger partial charge in [0.2, 0.25) is 0 Å². The zero-order valence-corrected chi connectivity index (χ0v) is 11.1. The van der Waals surface area contributed by atoms with Crippen molar-refractivity contribution < 1.29 is 92.5 Å². The summed E-state index contributed by atoms with van der Waals surface area (Å²) in [5.41, 5.74) is 0. The molecule has 0 amide bonds. The van der Waals surface area contributed by atoms with Gasteiger partial charge in [-0.15, -0.1) is 0 Å². The van der Waals surface area contributed by atoms with Gasteiger partial charge in [-0.1, -0.05) is 0 Å². The summed E-state index contributed by atoms with van der Waals surface area (Å²) in [6, 6.07) is 0. The fourth-order valence-electron chi connectivity index (χ4n) is 0. The maximum Gasteiger partial charge on any atom is 0 e. The van der Waals surface area contributed by atoms with Crippen LogP contribution in [-0.2, 0) is 51.7 Å². The summed E-state index contributed by atoms with van der Waals surface area (Å²) in [6.07, 6.45) is 2.12. The van der Waals surface area contributed by atoms with Crippen molar-refractivity contribution in [2.45, 2.75) is 0 Å². The Morgan fingerprint density at radius 3 is 1.20 bits per heavy atom. The van der Waals surface area contributed by atoms with Gasteiger partial charge in [0, 0.05) is 74.4 Å². The fraction of sp³-hybridized carbons (Fsp3) is 0. The van der Waals surface area contributed by atoms with Crippen molar-refractivity contribution in [3.63, 3.8) is 0 Å². The van der Waals surface area contributed by atoms with Crippen LogP contribution < -0.4 is 0 Å². The molecule has 0 bridgehead atoms. The van der Waals surface area contributed by atoms with Gasteiger partial charge in [0.25, 0.3) is 0 Å². The molecule has 5 heteroatoms. The maximum atomic E-state index is 2.12. The van der Waals surface area contributed by atoms with Crippen LogP contribution in [0.25, 0.3) is 0 Å². The quantitative estimate of drug-likeness (QED) is 0.502. The van der Waals surface area contributed by atoms with Crippen LogP contribution in [-0.4, -0.2) is 6.33 Å². The largest absolute Gasteiger partial charge is 0 e. The summed E-state index contributed by atoms with van der Waals surface area (Å²) in [5, 5.41) is 0. The predicted molar refractivity (Wildman–Crippen MR) is 8.54 cm³/mol. The summed E-state index contributed by atoms with van der Waals surface area (Å²) in [4.78, 5) is 0. The van der Waals surface area contributed by atoms with E-state index in [9.17, 15) is 0 Å². The molecule has 0 aliphatic rings. The minimum atomic E-state index is 0. The van der Waals surface area contributed by atoms with Crippen LogP contribution in [0.15, 0.2) is 0 Å². The van der Waals surface area contributed by atoms with Crippen LogP contribution in [0.4, 0.5) is 0 Å². The molecule has 0 saturated carbocycles. The third-order valence-corrected chi connectivity index (χ3v) is 0. The Labute approximate surface area is 96.8 Å². The van der Waals surface area contributed by atoms with Crippen LogP contribution in [0.1, 0.15) is 0 Å². The van der Waals surface area contributed by atoms with Gasteiger partial charge in [-0.2, -0.15) is 0 Å². The minimum Gasteiger partial charge on any atom is 0 e. The van der Waals surface area contributed by atoms with E-state index in [1.165, 1.54) is 18.1 Å². The first-order valence-corrected chi connectivity index (χ1v) is 3.67. The van der Waals surface area contributed by atoms with E-state index in [0.29, 0.717) is 0 Å². The van der Waals surface area contributed by atoms with E-state index in [2.05, 4.69) is 6.33 Å². The predicted octanol–water partition coefficient (Wildman–Crippen LogP) is -0.924. The molecule has 0 fully saturated rings. The van der Waals surface area contributed by atoms with Gasteiger partial charge in [0.15, 0.2) is 0 Å². The Morgan fingerprint density at radius 1 is 1.20 bits per heavy atom. The molecule has 0 N–H and O–H groups in total. The number of hydrogen-bond donors (Lipinski definition) is 0. The van der Waals surface area contributed by atoms with E-state index in [0.717, 1.165) is 0 Å². The van der Waals surface area contributed by atoms with Crippen molar-refractivity contribution in [1.82, 2.24) is 0 Å². The first kappa shape index (κ1) is 24.4. The molecule has 0 atom stereocenters. The molecule has 0 spiro atoms. The molecule has 29 valence electrons. The van der Waals surface area contributed by atoms with Gasteiger partial charge in [-0.25, -0.2) is 0 Å². The van der Waals surface area contributed by atoms with Gasteiger partial charge in [-0.05, 0) is 0 Å². The standard InChI is InChI=1S/BH2.Fe.Nd.Ni.Zn/h1H2;;;;/q+1;;;;-1. The minimum absolute atomic E-state index is 0. The van der Waals surface area contributed by atoms with Crippen LogP contribution in [0.3, 0.4) is 0 Å². The Kier molecular flexibility index (Phi) is 135. The van der Waals surface area contributed by atoms with E-state index >= 15 is 0 Å². The molecule has 0 heterocycles. The Hall–Kier alpha value is 3.05. The normalized spacial score (nSPS) is 1.20. The molecule has 0 aliphatic heterocycles. The van der Waals surface area contributed by atoms with Crippen molar-refractivity contribution in [1.29, 1.82) is 0 Å². The molecule has 0 radical (unpaired) electrons. The third-order valence-electron chi connectivity index (χ3n) is 0.